The molecule has 1 aliphatic rings. The van der Waals surface area contributed by atoms with Crippen LogP contribution in [0.2, 0.25) is 0 Å². The lowest BCUT2D eigenvalue weighted by Gasteiger charge is -2.47. The molecule has 1 fully saturated rings. The molecule has 0 radical (unpaired) electrons. The summed E-state index contributed by atoms with van der Waals surface area (Å²) in [5, 5.41) is 20.9. The number of methoxy groups -OCH3 is 1. The fraction of sp³-hybridized carbons (Fsp3) is 0.406. The molecule has 0 spiro atoms. The summed E-state index contributed by atoms with van der Waals surface area (Å²) in [6.45, 7) is 5.94. The number of anilines is 2. The van der Waals surface area contributed by atoms with Gasteiger partial charge in [-0.1, -0.05) is 36.4 Å². The lowest BCUT2D eigenvalue weighted by Crippen LogP contribution is -2.48. The Hall–Kier alpha value is -3.28. The van der Waals surface area contributed by atoms with Crippen LogP contribution in [-0.4, -0.2) is 64.8 Å². The minimum absolute atomic E-state index is 0.269. The van der Waals surface area contributed by atoms with Crippen LogP contribution < -0.4 is 25.0 Å². The second kappa shape index (κ2) is 14.8. The summed E-state index contributed by atoms with van der Waals surface area (Å²) in [5.41, 5.74) is 4.82. The number of aliphatic hydroxyl groups is 1. The third kappa shape index (κ3) is 8.62. The number of amides is 1. The molecular formula is C32H44N4O5S. The topological polar surface area (TPSA) is 126 Å². The number of hydrogen-bond acceptors (Lipinski definition) is 8. The number of carbonyl (C=O) groups excluding carboxylic acids is 1. The van der Waals surface area contributed by atoms with Gasteiger partial charge in [0, 0.05) is 37.4 Å². The second-order valence-electron chi connectivity index (χ2n) is 10.8. The van der Waals surface area contributed by atoms with Crippen LogP contribution in [0.3, 0.4) is 0 Å². The Morgan fingerprint density at radius 1 is 1.05 bits per heavy atom. The van der Waals surface area contributed by atoms with Crippen molar-refractivity contribution in [2.45, 2.75) is 51.8 Å². The summed E-state index contributed by atoms with van der Waals surface area (Å²) in [6, 6.07) is 20.5. The maximum absolute atomic E-state index is 13.7. The Morgan fingerprint density at radius 3 is 2.55 bits per heavy atom. The zero-order valence-corrected chi connectivity index (χ0v) is 25.5. The Balaban J connectivity index is 1.52. The van der Waals surface area contributed by atoms with Gasteiger partial charge in [-0.05, 0) is 80.1 Å². The highest BCUT2D eigenvalue weighted by Crippen LogP contribution is 2.50. The molecule has 2 atom stereocenters. The first-order valence-corrected chi connectivity index (χ1v) is 16.2. The number of aliphatic hydroxyl groups excluding tert-OH is 1. The van der Waals surface area contributed by atoms with Gasteiger partial charge in [-0.15, -0.1) is 10.8 Å². The van der Waals surface area contributed by atoms with E-state index in [4.69, 9.17) is 4.74 Å². The Kier molecular flexibility index (Phi) is 11.1. The summed E-state index contributed by atoms with van der Waals surface area (Å²) in [5.74, 6) is 0.757. The van der Waals surface area contributed by atoms with E-state index in [1.165, 1.54) is 0 Å². The molecule has 9 nitrogen and oxygen atoms in total. The van der Waals surface area contributed by atoms with Crippen LogP contribution in [0, 0.1) is 6.92 Å². The number of rotatable bonds is 13. The molecule has 1 saturated heterocycles. The van der Waals surface area contributed by atoms with Crippen molar-refractivity contribution >= 4 is 28.1 Å². The molecular weight excluding hydrogens is 552 g/mol. The summed E-state index contributed by atoms with van der Waals surface area (Å²) in [4.78, 5) is 13.7. The van der Waals surface area contributed by atoms with Gasteiger partial charge < -0.3 is 25.8 Å². The predicted molar refractivity (Wildman–Crippen MR) is 172 cm³/mol. The molecule has 0 aromatic heterocycles. The fourth-order valence-electron chi connectivity index (χ4n) is 5.25. The molecule has 0 unspecified atom stereocenters. The number of nitrogens with zero attached hydrogens (tertiary/aromatic N) is 1. The van der Waals surface area contributed by atoms with Crippen LogP contribution in [0.1, 0.15) is 46.8 Å². The minimum atomic E-state index is -2.95. The van der Waals surface area contributed by atoms with E-state index in [9.17, 15) is 19.0 Å². The van der Waals surface area contributed by atoms with Gasteiger partial charge in [0.25, 0.3) is 5.91 Å². The maximum atomic E-state index is 13.7. The number of aryl methyl sites for hydroxylation is 1. The lowest BCUT2D eigenvalue weighted by molar-refractivity contribution is 0.0830. The maximum Gasteiger partial charge on any atom is 0.251 e. The van der Waals surface area contributed by atoms with Gasteiger partial charge >= 0.3 is 0 Å². The van der Waals surface area contributed by atoms with Crippen molar-refractivity contribution in [1.82, 2.24) is 10.6 Å². The zero-order chi connectivity index (χ0) is 30.1. The monoisotopic (exact) mass is 596 g/mol. The van der Waals surface area contributed by atoms with Crippen molar-refractivity contribution in [3.8, 4) is 5.75 Å². The van der Waals surface area contributed by atoms with Crippen molar-refractivity contribution < 1.29 is 23.7 Å². The minimum Gasteiger partial charge on any atom is -0.497 e. The van der Waals surface area contributed by atoms with E-state index in [-0.39, 0.29) is 12.5 Å². The van der Waals surface area contributed by atoms with Gasteiger partial charge in [-0.25, -0.2) is 0 Å². The number of carbonyl (C=O) groups is 1. The molecule has 228 valence electrons. The van der Waals surface area contributed by atoms with Crippen molar-refractivity contribution in [2.75, 3.05) is 42.1 Å². The molecule has 4 rings (SSSR count). The number of hydrogen-bond donors (Lipinski definition) is 6. The van der Waals surface area contributed by atoms with Crippen LogP contribution >= 0.6 is 10.8 Å². The van der Waals surface area contributed by atoms with Crippen molar-refractivity contribution in [2.24, 2.45) is 0 Å². The third-order valence-corrected chi connectivity index (χ3v) is 9.28. The van der Waals surface area contributed by atoms with Crippen molar-refractivity contribution in [1.29, 1.82) is 0 Å². The van der Waals surface area contributed by atoms with Crippen LogP contribution in [0.15, 0.2) is 66.7 Å². The lowest BCUT2D eigenvalue weighted by atomic mass is 10.00. The second-order valence-corrected chi connectivity index (χ2v) is 12.9. The zero-order valence-electron chi connectivity index (χ0n) is 24.7. The summed E-state index contributed by atoms with van der Waals surface area (Å²) in [6.07, 6.45) is 1.17. The third-order valence-electron chi connectivity index (χ3n) is 7.34. The fourth-order valence-corrected chi connectivity index (χ4v) is 6.93. The van der Waals surface area contributed by atoms with Crippen molar-refractivity contribution in [3.63, 3.8) is 0 Å². The van der Waals surface area contributed by atoms with Crippen LogP contribution in [0.25, 0.3) is 0 Å². The highest BCUT2D eigenvalue weighted by Gasteiger charge is 2.28. The standard InChI is InChI=1S/C32H44N4O5S/c1-4-34-27-18-26(19-28(20-27)36-12-8-9-13-42(36,39)40)32(38)35-30(17-24-10-6-5-7-11-24)31(37)22-33-21-25-14-23(2)15-29(16-25)41-3/h5-7,10-11,14-16,18-20,30-31,33-34,37,39-40H,4,8-9,12-13,17,21-22H2,1-3H3,(H,35,38)/t30-,31-/m0/s1. The molecule has 10 heteroatoms. The van der Waals surface area contributed by atoms with Crippen LogP contribution in [0.5, 0.6) is 5.75 Å². The van der Waals surface area contributed by atoms with Gasteiger partial charge in [-0.2, -0.15) is 0 Å². The predicted octanol–water partition coefficient (Wildman–Crippen LogP) is 5.19. The summed E-state index contributed by atoms with van der Waals surface area (Å²) in [7, 11) is -1.31. The SMILES string of the molecule is CCNc1cc(C(=O)N[C@@H](Cc2ccccc2)[C@@H](O)CNCc2cc(C)cc(OC)c2)cc(N2CCCCS2(O)O)c1. The Labute approximate surface area is 250 Å². The van der Waals surface area contributed by atoms with Crippen molar-refractivity contribution in [3.05, 3.63) is 89.0 Å². The first kappa shape index (κ1) is 31.7. The first-order chi connectivity index (χ1) is 20.2. The largest absolute Gasteiger partial charge is 0.497 e. The van der Waals surface area contributed by atoms with Gasteiger partial charge in [-0.3, -0.25) is 18.2 Å². The van der Waals surface area contributed by atoms with E-state index in [1.54, 1.807) is 23.5 Å². The van der Waals surface area contributed by atoms with Gasteiger partial charge in [0.1, 0.15) is 5.75 Å². The van der Waals surface area contributed by atoms with Crippen LogP contribution in [0.4, 0.5) is 11.4 Å². The summed E-state index contributed by atoms with van der Waals surface area (Å²) < 4.78 is 28.4. The highest BCUT2D eigenvalue weighted by atomic mass is 32.3. The van der Waals surface area contributed by atoms with E-state index in [0.717, 1.165) is 41.0 Å². The number of ether oxygens (including phenoxy) is 1. The van der Waals surface area contributed by atoms with Crippen LogP contribution in [-0.2, 0) is 13.0 Å². The number of benzene rings is 3. The van der Waals surface area contributed by atoms with Gasteiger partial charge in [0.15, 0.2) is 0 Å². The molecule has 3 aromatic carbocycles. The molecule has 0 saturated carbocycles. The van der Waals surface area contributed by atoms with E-state index in [1.807, 2.05) is 62.4 Å². The molecule has 1 aliphatic heterocycles. The highest BCUT2D eigenvalue weighted by molar-refractivity contribution is 8.25. The Bertz CT molecular complexity index is 1320. The van der Waals surface area contributed by atoms with Gasteiger partial charge in [0.2, 0.25) is 0 Å². The van der Waals surface area contributed by atoms with E-state index < -0.39 is 22.9 Å². The normalized spacial score (nSPS) is 16.8. The summed E-state index contributed by atoms with van der Waals surface area (Å²) >= 11 is 0. The quantitative estimate of drug-likeness (QED) is 0.159. The van der Waals surface area contributed by atoms with E-state index >= 15 is 0 Å². The molecule has 1 amide bonds. The molecule has 42 heavy (non-hydrogen) atoms. The molecule has 1 heterocycles. The van der Waals surface area contributed by atoms with E-state index in [0.29, 0.717) is 43.1 Å². The van der Waals surface area contributed by atoms with Gasteiger partial charge in [0.05, 0.1) is 30.7 Å². The average Bonchev–Trinajstić information content (AvgIpc) is 2.96. The first-order valence-electron chi connectivity index (χ1n) is 14.5. The average molecular weight is 597 g/mol. The molecule has 0 aliphatic carbocycles. The molecule has 6 N–H and O–H groups in total. The smallest absolute Gasteiger partial charge is 0.251 e. The Morgan fingerprint density at radius 2 is 1.83 bits per heavy atom. The molecule has 3 aromatic rings. The van der Waals surface area contributed by atoms with E-state index in [2.05, 4.69) is 22.0 Å². The molecule has 0 bridgehead atoms. The number of nitrogens with one attached hydrogen (secondary N) is 3.